The summed E-state index contributed by atoms with van der Waals surface area (Å²) < 4.78 is 6.58. The summed E-state index contributed by atoms with van der Waals surface area (Å²) >= 11 is 0. The lowest BCUT2D eigenvalue weighted by atomic mass is 9.67. The Bertz CT molecular complexity index is 2920. The lowest BCUT2D eigenvalue weighted by molar-refractivity contribution is 0.146. The standard InChI is InChI=1S/C55H52N6O/c1-61(50(56)37-18-5-2-6-19-37)54(45-26-16-25-44-43-24-10-12-28-48(43)62-49(44)45)57-35-36-17-15-22-39(33-36)52-58-51(38-20-7-3-8-21-38)59-53(60-52)40-29-30-42-41-23-9-11-27-46(41)55(47(42)34-40)31-13-4-14-32-55/h2-3,5-12,15-30,33-34,50-51,53-54,57,59H,4,13-14,31-32,35,56H2,1H3,(H,58,60). The third-order valence-electron chi connectivity index (χ3n) is 13.7. The monoisotopic (exact) mass is 812 g/mol. The lowest BCUT2D eigenvalue weighted by Crippen LogP contribution is -2.45. The van der Waals surface area contributed by atoms with Crippen LogP contribution in [0.4, 0.5) is 0 Å². The Morgan fingerprint density at radius 3 is 2.29 bits per heavy atom. The Balaban J connectivity index is 0.937. The van der Waals surface area contributed by atoms with Gasteiger partial charge in [0.2, 0.25) is 0 Å². The first-order valence-corrected chi connectivity index (χ1v) is 22.2. The van der Waals surface area contributed by atoms with Gasteiger partial charge < -0.3 is 15.5 Å². The summed E-state index contributed by atoms with van der Waals surface area (Å²) in [5.41, 5.74) is 21.2. The SMILES string of the molecule is CN(C(N)c1ccccc1)C(NCc1cccc(C2=NC(c3ccc4c(c3)C3(CCCCC3)c3ccccc3-4)NC(c3ccccc3)N2)c1)c1cccc2c1oc1ccccc12. The molecule has 1 spiro atoms. The quantitative estimate of drug-likeness (QED) is 0.103. The van der Waals surface area contributed by atoms with Crippen molar-refractivity contribution >= 4 is 27.8 Å². The highest BCUT2D eigenvalue weighted by Crippen LogP contribution is 2.56. The number of benzene rings is 7. The van der Waals surface area contributed by atoms with Crippen LogP contribution >= 0.6 is 0 Å². The molecule has 5 N–H and O–H groups in total. The van der Waals surface area contributed by atoms with Gasteiger partial charge in [0.15, 0.2) is 0 Å². The second kappa shape index (κ2) is 16.2. The summed E-state index contributed by atoms with van der Waals surface area (Å²) in [6.45, 7) is 0.589. The van der Waals surface area contributed by atoms with Crippen LogP contribution in [0.15, 0.2) is 179 Å². The molecule has 0 radical (unpaired) electrons. The first-order chi connectivity index (χ1) is 30.5. The maximum absolute atomic E-state index is 7.03. The van der Waals surface area contributed by atoms with E-state index in [1.54, 1.807) is 0 Å². The highest BCUT2D eigenvalue weighted by molar-refractivity contribution is 6.06. The molecule has 0 bridgehead atoms. The van der Waals surface area contributed by atoms with Crippen molar-refractivity contribution < 1.29 is 4.42 Å². The Kier molecular flexibility index (Phi) is 10.1. The summed E-state index contributed by atoms with van der Waals surface area (Å²) in [6, 6.07) is 60.6. The van der Waals surface area contributed by atoms with Gasteiger partial charge in [0.25, 0.3) is 0 Å². The predicted molar refractivity (Wildman–Crippen MR) is 251 cm³/mol. The second-order valence-electron chi connectivity index (χ2n) is 17.4. The zero-order valence-corrected chi connectivity index (χ0v) is 35.1. The number of furan rings is 1. The molecule has 7 nitrogen and oxygen atoms in total. The minimum absolute atomic E-state index is 0.0761. The molecule has 11 rings (SSSR count). The van der Waals surface area contributed by atoms with Crippen molar-refractivity contribution in [1.82, 2.24) is 20.9 Å². The minimum Gasteiger partial charge on any atom is -0.456 e. The van der Waals surface area contributed by atoms with E-state index >= 15 is 0 Å². The number of hydrogen-bond acceptors (Lipinski definition) is 7. The summed E-state index contributed by atoms with van der Waals surface area (Å²) in [4.78, 5) is 7.66. The van der Waals surface area contributed by atoms with Crippen molar-refractivity contribution in [1.29, 1.82) is 0 Å². The van der Waals surface area contributed by atoms with Gasteiger partial charge in [-0.15, -0.1) is 0 Å². The average Bonchev–Trinajstić information content (AvgIpc) is 3.85. The fourth-order valence-electron chi connectivity index (χ4n) is 10.6. The van der Waals surface area contributed by atoms with Gasteiger partial charge in [0.1, 0.15) is 29.3 Å². The number of rotatable bonds is 10. The van der Waals surface area contributed by atoms with E-state index in [0.717, 1.165) is 50.0 Å². The molecule has 1 fully saturated rings. The number of nitrogens with one attached hydrogen (secondary N) is 3. The van der Waals surface area contributed by atoms with Gasteiger partial charge in [0.05, 0.1) is 12.3 Å². The topological polar surface area (TPSA) is 90.8 Å². The molecule has 1 aliphatic heterocycles. The van der Waals surface area contributed by atoms with Crippen LogP contribution in [0.2, 0.25) is 0 Å². The average molecular weight is 813 g/mol. The zero-order valence-electron chi connectivity index (χ0n) is 35.1. The molecule has 1 saturated carbocycles. The first-order valence-electron chi connectivity index (χ1n) is 22.2. The fraction of sp³-hybridized carbons (Fsp3) is 0.218. The molecule has 7 aromatic carbocycles. The van der Waals surface area contributed by atoms with Gasteiger partial charge in [-0.3, -0.25) is 15.5 Å². The molecule has 62 heavy (non-hydrogen) atoms. The van der Waals surface area contributed by atoms with Gasteiger partial charge in [-0.25, -0.2) is 4.99 Å². The third kappa shape index (κ3) is 6.82. The zero-order chi connectivity index (χ0) is 41.6. The molecule has 8 aromatic rings. The Labute approximate surface area is 363 Å². The lowest BCUT2D eigenvalue weighted by Gasteiger charge is -2.37. The number of nitrogens with two attached hydrogens (primary N) is 1. The molecule has 1 aromatic heterocycles. The van der Waals surface area contributed by atoms with Crippen LogP contribution in [0, 0.1) is 0 Å². The van der Waals surface area contributed by atoms with Gasteiger partial charge in [-0.1, -0.05) is 177 Å². The maximum atomic E-state index is 7.03. The first kappa shape index (κ1) is 38.6. The number of aliphatic imine (C=N–C) groups is 1. The van der Waals surface area contributed by atoms with Crippen LogP contribution in [-0.2, 0) is 12.0 Å². The van der Waals surface area contributed by atoms with Crippen molar-refractivity contribution in [2.24, 2.45) is 10.7 Å². The highest BCUT2D eigenvalue weighted by atomic mass is 16.3. The summed E-state index contributed by atoms with van der Waals surface area (Å²) in [6.07, 6.45) is 5.24. The summed E-state index contributed by atoms with van der Waals surface area (Å²) in [7, 11) is 2.08. The van der Waals surface area contributed by atoms with Crippen LogP contribution in [0.1, 0.15) is 101 Å². The molecular formula is C55H52N6O. The smallest absolute Gasteiger partial charge is 0.141 e. The van der Waals surface area contributed by atoms with Crippen LogP contribution in [0.25, 0.3) is 33.1 Å². The van der Waals surface area contributed by atoms with Crippen molar-refractivity contribution in [3.63, 3.8) is 0 Å². The number of amidine groups is 1. The molecule has 308 valence electrons. The number of fused-ring (bicyclic) bond motifs is 8. The molecule has 2 heterocycles. The maximum Gasteiger partial charge on any atom is 0.141 e. The van der Waals surface area contributed by atoms with Crippen LogP contribution < -0.4 is 21.7 Å². The molecule has 4 unspecified atom stereocenters. The summed E-state index contributed by atoms with van der Waals surface area (Å²) in [5.74, 6) is 0.868. The van der Waals surface area contributed by atoms with Crippen LogP contribution in [-0.4, -0.2) is 17.8 Å². The molecule has 7 heteroatoms. The van der Waals surface area contributed by atoms with E-state index in [-0.39, 0.29) is 30.1 Å². The Morgan fingerprint density at radius 1 is 0.710 bits per heavy atom. The number of nitrogens with zero attached hydrogens (tertiary/aromatic N) is 2. The molecule has 0 amide bonds. The normalized spacial score (nSPS) is 18.9. The van der Waals surface area contributed by atoms with Crippen molar-refractivity contribution in [3.05, 3.63) is 214 Å². The predicted octanol–water partition coefficient (Wildman–Crippen LogP) is 11.5. The Hall–Kier alpha value is -6.35. The van der Waals surface area contributed by atoms with E-state index in [2.05, 4.69) is 167 Å². The molecular weight excluding hydrogens is 761 g/mol. The molecule has 2 aliphatic carbocycles. The largest absolute Gasteiger partial charge is 0.456 e. The van der Waals surface area contributed by atoms with Crippen molar-refractivity contribution in [2.75, 3.05) is 7.05 Å². The van der Waals surface area contributed by atoms with E-state index in [1.807, 2.05) is 30.3 Å². The van der Waals surface area contributed by atoms with Gasteiger partial charge >= 0.3 is 0 Å². The molecule has 4 atom stereocenters. The fourth-order valence-corrected chi connectivity index (χ4v) is 10.6. The minimum atomic E-state index is -0.360. The van der Waals surface area contributed by atoms with E-state index < -0.39 is 0 Å². The second-order valence-corrected chi connectivity index (χ2v) is 17.4. The number of para-hydroxylation sites is 2. The van der Waals surface area contributed by atoms with E-state index in [9.17, 15) is 0 Å². The van der Waals surface area contributed by atoms with E-state index in [1.165, 1.54) is 65.5 Å². The summed E-state index contributed by atoms with van der Waals surface area (Å²) in [5, 5.41) is 13.8. The van der Waals surface area contributed by atoms with E-state index in [0.29, 0.717) is 6.54 Å². The van der Waals surface area contributed by atoms with Crippen LogP contribution in [0.3, 0.4) is 0 Å². The third-order valence-corrected chi connectivity index (χ3v) is 13.7. The van der Waals surface area contributed by atoms with Crippen LogP contribution in [0.5, 0.6) is 0 Å². The number of hydrogen-bond donors (Lipinski definition) is 4. The van der Waals surface area contributed by atoms with Gasteiger partial charge in [-0.2, -0.15) is 0 Å². The van der Waals surface area contributed by atoms with Gasteiger partial charge in [0, 0.05) is 33.9 Å². The molecule has 0 saturated heterocycles. The molecule has 3 aliphatic rings. The van der Waals surface area contributed by atoms with Gasteiger partial charge in [-0.05, 0) is 76.5 Å². The van der Waals surface area contributed by atoms with Crippen molar-refractivity contribution in [2.45, 2.75) is 68.7 Å². The Morgan fingerprint density at radius 2 is 1.44 bits per heavy atom. The van der Waals surface area contributed by atoms with Crippen molar-refractivity contribution in [3.8, 4) is 11.1 Å². The van der Waals surface area contributed by atoms with E-state index in [4.69, 9.17) is 15.1 Å². The highest BCUT2D eigenvalue weighted by Gasteiger charge is 2.44.